The largest absolute Gasteiger partial charge is 0.302 e. The first-order valence-electron chi connectivity index (χ1n) is 4.36. The zero-order valence-electron chi connectivity index (χ0n) is 8.29. The quantitative estimate of drug-likeness (QED) is 0.445. The Morgan fingerprint density at radius 1 is 1.40 bits per heavy atom. The molecule has 0 N–H and O–H groups in total. The number of benzene rings is 1. The van der Waals surface area contributed by atoms with Gasteiger partial charge in [-0.15, -0.1) is 0 Å². The fourth-order valence-electron chi connectivity index (χ4n) is 1.01. The predicted molar refractivity (Wildman–Crippen MR) is 64.1 cm³/mol. The van der Waals surface area contributed by atoms with Crippen LogP contribution in [0.3, 0.4) is 0 Å². The Labute approximate surface area is 92.7 Å². The molecule has 0 bridgehead atoms. The van der Waals surface area contributed by atoms with Gasteiger partial charge in [-0.2, -0.15) is 0 Å². The van der Waals surface area contributed by atoms with Crippen LogP contribution in [0.4, 0.5) is 0 Å². The van der Waals surface area contributed by atoms with Crippen LogP contribution >= 0.6 is 11.8 Å². The lowest BCUT2D eigenvalue weighted by molar-refractivity contribution is -0.410. The molecule has 0 atom stereocenters. The summed E-state index contributed by atoms with van der Waals surface area (Å²) in [6, 6.07) is 9.65. The van der Waals surface area contributed by atoms with E-state index in [1.54, 1.807) is 12.3 Å². The molecule has 1 rings (SSSR count). The smallest absolute Gasteiger partial charge is 0.258 e. The zero-order chi connectivity index (χ0) is 11.1. The van der Waals surface area contributed by atoms with Gasteiger partial charge in [0.2, 0.25) is 0 Å². The third kappa shape index (κ3) is 3.99. The third-order valence-corrected chi connectivity index (χ3v) is 2.42. The number of allylic oxidation sites excluding steroid dienone is 2. The van der Waals surface area contributed by atoms with Crippen molar-refractivity contribution in [2.45, 2.75) is 0 Å². The van der Waals surface area contributed by atoms with E-state index in [1.807, 2.05) is 36.4 Å². The molecule has 0 amide bonds. The normalized spacial score (nSPS) is 11.9. The van der Waals surface area contributed by atoms with E-state index in [0.717, 1.165) is 17.3 Å². The summed E-state index contributed by atoms with van der Waals surface area (Å²) in [5, 5.41) is 10.6. The topological polar surface area (TPSA) is 43.1 Å². The lowest BCUT2D eigenvalue weighted by atomic mass is 10.2. The molecule has 4 heteroatoms. The summed E-state index contributed by atoms with van der Waals surface area (Å²) >= 11 is 1.12. The van der Waals surface area contributed by atoms with Gasteiger partial charge in [0.15, 0.2) is 0 Å². The van der Waals surface area contributed by atoms with Crippen molar-refractivity contribution in [1.29, 1.82) is 0 Å². The van der Waals surface area contributed by atoms with Crippen LogP contribution < -0.4 is 0 Å². The van der Waals surface area contributed by atoms with Crippen molar-refractivity contribution in [3.8, 4) is 0 Å². The van der Waals surface area contributed by atoms with Gasteiger partial charge in [-0.1, -0.05) is 54.2 Å². The molecule has 0 aliphatic rings. The van der Waals surface area contributed by atoms with Crippen LogP contribution in [0.5, 0.6) is 0 Å². The van der Waals surface area contributed by atoms with Crippen molar-refractivity contribution < 1.29 is 4.92 Å². The SMILES string of the molecule is CS/C(=C\C=C\c1ccccc1)[N+](=O)[O-]. The Kier molecular flexibility index (Phi) is 4.63. The Bertz CT molecular complexity index is 385. The van der Waals surface area contributed by atoms with Crippen molar-refractivity contribution in [1.82, 2.24) is 0 Å². The monoisotopic (exact) mass is 221 g/mol. The Morgan fingerprint density at radius 3 is 2.60 bits per heavy atom. The van der Waals surface area contributed by atoms with Gasteiger partial charge in [0, 0.05) is 6.08 Å². The van der Waals surface area contributed by atoms with Crippen molar-refractivity contribution in [2.24, 2.45) is 0 Å². The third-order valence-electron chi connectivity index (χ3n) is 1.72. The number of nitrogens with zero attached hydrogens (tertiary/aromatic N) is 1. The van der Waals surface area contributed by atoms with Gasteiger partial charge >= 0.3 is 5.03 Å². The van der Waals surface area contributed by atoms with E-state index in [1.165, 1.54) is 6.08 Å². The van der Waals surface area contributed by atoms with Gasteiger partial charge < -0.3 is 0 Å². The molecule has 3 nitrogen and oxygen atoms in total. The number of hydrogen-bond acceptors (Lipinski definition) is 3. The van der Waals surface area contributed by atoms with Gasteiger partial charge in [0.1, 0.15) is 0 Å². The maximum Gasteiger partial charge on any atom is 0.302 e. The second-order valence-corrected chi connectivity index (χ2v) is 3.56. The first-order valence-corrected chi connectivity index (χ1v) is 5.58. The van der Waals surface area contributed by atoms with Gasteiger partial charge in [-0.25, -0.2) is 0 Å². The van der Waals surface area contributed by atoms with E-state index in [4.69, 9.17) is 0 Å². The minimum atomic E-state index is -0.389. The van der Waals surface area contributed by atoms with Crippen molar-refractivity contribution in [2.75, 3.05) is 6.26 Å². The minimum Gasteiger partial charge on any atom is -0.258 e. The standard InChI is InChI=1S/C11H11NO2S/c1-15-11(12(13)14)9-5-8-10-6-3-2-4-7-10/h2-9H,1H3/b8-5+,11-9-. The van der Waals surface area contributed by atoms with Crippen molar-refractivity contribution in [3.05, 3.63) is 63.2 Å². The maximum atomic E-state index is 10.5. The molecular formula is C11H11NO2S. The molecule has 0 aliphatic heterocycles. The fraction of sp³-hybridized carbons (Fsp3) is 0.0909. The molecule has 0 radical (unpaired) electrons. The highest BCUT2D eigenvalue weighted by molar-refractivity contribution is 8.02. The molecule has 0 heterocycles. The molecule has 0 aromatic heterocycles. The molecule has 0 saturated carbocycles. The Morgan fingerprint density at radius 2 is 2.07 bits per heavy atom. The maximum absolute atomic E-state index is 10.5. The zero-order valence-corrected chi connectivity index (χ0v) is 9.11. The Hall–Kier alpha value is -1.55. The van der Waals surface area contributed by atoms with Crippen LogP contribution in [0.15, 0.2) is 47.5 Å². The van der Waals surface area contributed by atoms with Gasteiger partial charge in [0.05, 0.1) is 4.92 Å². The van der Waals surface area contributed by atoms with Gasteiger partial charge in [0.25, 0.3) is 0 Å². The van der Waals surface area contributed by atoms with E-state index in [-0.39, 0.29) is 9.95 Å². The predicted octanol–water partition coefficient (Wildman–Crippen LogP) is 3.18. The van der Waals surface area contributed by atoms with Crippen LogP contribution in [0.1, 0.15) is 5.56 Å². The summed E-state index contributed by atoms with van der Waals surface area (Å²) < 4.78 is 0. The van der Waals surface area contributed by atoms with E-state index in [9.17, 15) is 10.1 Å². The summed E-state index contributed by atoms with van der Waals surface area (Å²) in [6.45, 7) is 0. The van der Waals surface area contributed by atoms with Crippen molar-refractivity contribution in [3.63, 3.8) is 0 Å². The summed E-state index contributed by atoms with van der Waals surface area (Å²) in [5.74, 6) is 0. The molecule has 0 saturated heterocycles. The number of thioether (sulfide) groups is 1. The molecule has 15 heavy (non-hydrogen) atoms. The highest BCUT2D eigenvalue weighted by atomic mass is 32.2. The summed E-state index contributed by atoms with van der Waals surface area (Å²) in [6.07, 6.45) is 6.70. The van der Waals surface area contributed by atoms with E-state index < -0.39 is 0 Å². The van der Waals surface area contributed by atoms with Crippen LogP contribution in [0, 0.1) is 10.1 Å². The lowest BCUT2D eigenvalue weighted by Crippen LogP contribution is -1.92. The van der Waals surface area contributed by atoms with E-state index in [0.29, 0.717) is 0 Å². The van der Waals surface area contributed by atoms with Gasteiger partial charge in [-0.05, 0) is 11.8 Å². The van der Waals surface area contributed by atoms with Crippen LogP contribution in [0.2, 0.25) is 0 Å². The molecule has 0 fully saturated rings. The van der Waals surface area contributed by atoms with Gasteiger partial charge in [-0.3, -0.25) is 10.1 Å². The lowest BCUT2D eigenvalue weighted by Gasteiger charge is -1.90. The fourth-order valence-corrected chi connectivity index (χ4v) is 1.37. The molecule has 0 aliphatic carbocycles. The number of nitro groups is 1. The molecule has 1 aromatic rings. The van der Waals surface area contributed by atoms with Crippen LogP contribution in [0.25, 0.3) is 6.08 Å². The minimum absolute atomic E-state index is 0.141. The average molecular weight is 221 g/mol. The Balaban J connectivity index is 2.70. The highest BCUT2D eigenvalue weighted by Gasteiger charge is 2.04. The van der Waals surface area contributed by atoms with Crippen LogP contribution in [-0.4, -0.2) is 11.2 Å². The van der Waals surface area contributed by atoms with Crippen molar-refractivity contribution >= 4 is 17.8 Å². The van der Waals surface area contributed by atoms with Crippen LogP contribution in [-0.2, 0) is 0 Å². The first-order chi connectivity index (χ1) is 7.24. The second kappa shape index (κ2) is 6.03. The number of hydrogen-bond donors (Lipinski definition) is 0. The molecule has 0 spiro atoms. The summed E-state index contributed by atoms with van der Waals surface area (Å²) in [7, 11) is 0. The molecular weight excluding hydrogens is 210 g/mol. The summed E-state index contributed by atoms with van der Waals surface area (Å²) in [4.78, 5) is 10.1. The summed E-state index contributed by atoms with van der Waals surface area (Å²) in [5.41, 5.74) is 1.03. The second-order valence-electron chi connectivity index (χ2n) is 2.74. The number of rotatable bonds is 4. The molecule has 0 unspecified atom stereocenters. The molecule has 1 aromatic carbocycles. The highest BCUT2D eigenvalue weighted by Crippen LogP contribution is 2.12. The molecule has 78 valence electrons. The first kappa shape index (κ1) is 11.5. The average Bonchev–Trinajstić information content (AvgIpc) is 2.25. The van der Waals surface area contributed by atoms with E-state index >= 15 is 0 Å². The van der Waals surface area contributed by atoms with E-state index in [2.05, 4.69) is 0 Å².